The number of rotatable bonds is 19. The SMILES string of the molecule is CCCCCC(=O)Oc1cc(C(=O)OCc2cccc(OC)c2)cc(OC(=O)CCCCC)c1OC(=O)CCCCC. The van der Waals surface area contributed by atoms with E-state index in [4.69, 9.17) is 23.7 Å². The average Bonchev–Trinajstić information content (AvgIpc) is 2.97. The Kier molecular flexibility index (Phi) is 15.8. The molecule has 0 spiro atoms. The minimum absolute atomic E-state index is 0.0311. The summed E-state index contributed by atoms with van der Waals surface area (Å²) in [6.45, 7) is 6.00. The maximum atomic E-state index is 13.1. The molecule has 0 aliphatic rings. The van der Waals surface area contributed by atoms with Crippen molar-refractivity contribution in [3.63, 3.8) is 0 Å². The van der Waals surface area contributed by atoms with Gasteiger partial charge < -0.3 is 23.7 Å². The number of ether oxygens (including phenoxy) is 5. The third-order valence-corrected chi connectivity index (χ3v) is 6.38. The van der Waals surface area contributed by atoms with E-state index in [0.29, 0.717) is 30.6 Å². The topological polar surface area (TPSA) is 114 Å². The molecule has 42 heavy (non-hydrogen) atoms. The smallest absolute Gasteiger partial charge is 0.338 e. The Bertz CT molecular complexity index is 1130. The van der Waals surface area contributed by atoms with Crippen molar-refractivity contribution in [3.05, 3.63) is 47.5 Å². The highest BCUT2D eigenvalue weighted by molar-refractivity contribution is 5.92. The van der Waals surface area contributed by atoms with Crippen LogP contribution in [0, 0.1) is 0 Å². The van der Waals surface area contributed by atoms with Gasteiger partial charge in [0.15, 0.2) is 11.5 Å². The number of hydrogen-bond acceptors (Lipinski definition) is 9. The Balaban J connectivity index is 2.43. The van der Waals surface area contributed by atoms with Crippen molar-refractivity contribution in [2.45, 2.75) is 104 Å². The molecule has 0 heterocycles. The summed E-state index contributed by atoms with van der Waals surface area (Å²) in [6.07, 6.45) is 7.51. The van der Waals surface area contributed by atoms with E-state index < -0.39 is 23.9 Å². The number of esters is 4. The van der Waals surface area contributed by atoms with Crippen molar-refractivity contribution in [1.29, 1.82) is 0 Å². The Labute approximate surface area is 248 Å². The summed E-state index contributed by atoms with van der Waals surface area (Å²) in [4.78, 5) is 51.2. The summed E-state index contributed by atoms with van der Waals surface area (Å²) in [5.41, 5.74) is 0.668. The molecule has 0 aliphatic heterocycles. The van der Waals surface area contributed by atoms with Crippen molar-refractivity contribution in [3.8, 4) is 23.0 Å². The zero-order valence-corrected chi connectivity index (χ0v) is 25.3. The fourth-order valence-electron chi connectivity index (χ4n) is 4.01. The Hall–Kier alpha value is -3.88. The molecule has 0 aliphatic carbocycles. The van der Waals surface area contributed by atoms with Gasteiger partial charge in [-0.1, -0.05) is 71.4 Å². The predicted molar refractivity (Wildman–Crippen MR) is 158 cm³/mol. The standard InChI is InChI=1S/C33H44O9/c1-5-8-11-17-29(34)40-27-21-25(33(37)39-23-24-15-14-16-26(20-24)38-4)22-28(41-30(35)18-12-9-6-2)32(27)42-31(36)19-13-10-7-3/h14-16,20-22H,5-13,17-19,23H2,1-4H3. The fourth-order valence-corrected chi connectivity index (χ4v) is 4.01. The first-order valence-corrected chi connectivity index (χ1v) is 14.9. The largest absolute Gasteiger partial charge is 0.497 e. The maximum Gasteiger partial charge on any atom is 0.338 e. The van der Waals surface area contributed by atoms with Gasteiger partial charge in [0.2, 0.25) is 5.75 Å². The highest BCUT2D eigenvalue weighted by Gasteiger charge is 2.25. The third kappa shape index (κ3) is 12.3. The first-order valence-electron chi connectivity index (χ1n) is 14.9. The van der Waals surface area contributed by atoms with E-state index in [1.165, 1.54) is 12.1 Å². The molecule has 0 fully saturated rings. The van der Waals surface area contributed by atoms with E-state index in [9.17, 15) is 19.2 Å². The zero-order chi connectivity index (χ0) is 30.7. The maximum absolute atomic E-state index is 13.1. The van der Waals surface area contributed by atoms with Gasteiger partial charge in [-0.15, -0.1) is 0 Å². The van der Waals surface area contributed by atoms with Crippen LogP contribution in [-0.4, -0.2) is 31.0 Å². The van der Waals surface area contributed by atoms with Crippen LogP contribution in [0.1, 0.15) is 114 Å². The van der Waals surface area contributed by atoms with Crippen LogP contribution in [0.15, 0.2) is 36.4 Å². The van der Waals surface area contributed by atoms with Crippen LogP contribution in [0.4, 0.5) is 0 Å². The molecule has 0 aromatic heterocycles. The van der Waals surface area contributed by atoms with Gasteiger partial charge in [0.1, 0.15) is 12.4 Å². The van der Waals surface area contributed by atoms with Crippen LogP contribution >= 0.6 is 0 Å². The van der Waals surface area contributed by atoms with E-state index in [1.807, 2.05) is 20.8 Å². The summed E-state index contributed by atoms with van der Waals surface area (Å²) in [7, 11) is 1.54. The van der Waals surface area contributed by atoms with E-state index in [0.717, 1.165) is 38.5 Å². The highest BCUT2D eigenvalue weighted by atomic mass is 16.6. The van der Waals surface area contributed by atoms with Crippen LogP contribution in [0.3, 0.4) is 0 Å². The summed E-state index contributed by atoms with van der Waals surface area (Å²) in [5, 5.41) is 0. The molecular weight excluding hydrogens is 540 g/mol. The summed E-state index contributed by atoms with van der Waals surface area (Å²) in [6, 6.07) is 9.61. The van der Waals surface area contributed by atoms with Gasteiger partial charge in [0.05, 0.1) is 12.7 Å². The van der Waals surface area contributed by atoms with E-state index in [2.05, 4.69) is 0 Å². The predicted octanol–water partition coefficient (Wildman–Crippen LogP) is 7.51. The molecule has 0 saturated heterocycles. The van der Waals surface area contributed by atoms with Gasteiger partial charge in [0, 0.05) is 19.3 Å². The molecule has 0 unspecified atom stereocenters. The molecular formula is C33H44O9. The van der Waals surface area contributed by atoms with Gasteiger partial charge in [-0.3, -0.25) is 14.4 Å². The minimum Gasteiger partial charge on any atom is -0.497 e. The number of benzene rings is 2. The average molecular weight is 585 g/mol. The van der Waals surface area contributed by atoms with Gasteiger partial charge in [-0.05, 0) is 49.1 Å². The number of unbranched alkanes of at least 4 members (excludes halogenated alkanes) is 6. The Morgan fingerprint density at radius 3 is 1.62 bits per heavy atom. The zero-order valence-electron chi connectivity index (χ0n) is 25.3. The van der Waals surface area contributed by atoms with Crippen molar-refractivity contribution in [2.75, 3.05) is 7.11 Å². The quantitative estimate of drug-likeness (QED) is 0.0940. The fraction of sp³-hybridized carbons (Fsp3) is 0.515. The van der Waals surface area contributed by atoms with E-state index >= 15 is 0 Å². The molecule has 0 radical (unpaired) electrons. The Morgan fingerprint density at radius 2 is 1.14 bits per heavy atom. The highest BCUT2D eigenvalue weighted by Crippen LogP contribution is 2.40. The van der Waals surface area contributed by atoms with Gasteiger partial charge in [0.25, 0.3) is 0 Å². The number of hydrogen-bond donors (Lipinski definition) is 0. The summed E-state index contributed by atoms with van der Waals surface area (Å²) in [5.74, 6) is -2.41. The van der Waals surface area contributed by atoms with E-state index in [1.54, 1.807) is 31.4 Å². The van der Waals surface area contributed by atoms with Crippen LogP contribution in [0.2, 0.25) is 0 Å². The molecule has 0 amide bonds. The molecule has 2 aromatic carbocycles. The van der Waals surface area contributed by atoms with Gasteiger partial charge >= 0.3 is 23.9 Å². The summed E-state index contributed by atoms with van der Waals surface area (Å²) >= 11 is 0. The van der Waals surface area contributed by atoms with Crippen LogP contribution in [0.25, 0.3) is 0 Å². The van der Waals surface area contributed by atoms with Crippen molar-refractivity contribution < 1.29 is 42.9 Å². The lowest BCUT2D eigenvalue weighted by Crippen LogP contribution is -2.16. The first kappa shape index (κ1) is 34.3. The second-order valence-electron chi connectivity index (χ2n) is 10.0. The first-order chi connectivity index (χ1) is 20.3. The molecule has 0 N–H and O–H groups in total. The van der Waals surface area contributed by atoms with Crippen molar-refractivity contribution >= 4 is 23.9 Å². The monoisotopic (exact) mass is 584 g/mol. The molecule has 0 bridgehead atoms. The van der Waals surface area contributed by atoms with Crippen molar-refractivity contribution in [2.24, 2.45) is 0 Å². The van der Waals surface area contributed by atoms with Gasteiger partial charge in [-0.25, -0.2) is 4.79 Å². The second-order valence-corrected chi connectivity index (χ2v) is 10.0. The minimum atomic E-state index is -0.745. The van der Waals surface area contributed by atoms with Crippen LogP contribution < -0.4 is 18.9 Å². The lowest BCUT2D eigenvalue weighted by molar-refractivity contribution is -0.138. The number of carbonyl (C=O) groups excluding carboxylic acids is 4. The molecule has 0 saturated carbocycles. The molecule has 2 rings (SSSR count). The second kappa shape index (κ2) is 19.3. The van der Waals surface area contributed by atoms with Crippen molar-refractivity contribution in [1.82, 2.24) is 0 Å². The molecule has 9 heteroatoms. The Morgan fingerprint density at radius 1 is 0.643 bits per heavy atom. The van der Waals surface area contributed by atoms with E-state index in [-0.39, 0.29) is 48.7 Å². The van der Waals surface area contributed by atoms with Gasteiger partial charge in [-0.2, -0.15) is 0 Å². The molecule has 0 atom stereocenters. The third-order valence-electron chi connectivity index (χ3n) is 6.38. The molecule has 230 valence electrons. The lowest BCUT2D eigenvalue weighted by atomic mass is 10.1. The number of methoxy groups -OCH3 is 1. The molecule has 2 aromatic rings. The van der Waals surface area contributed by atoms with Crippen LogP contribution in [-0.2, 0) is 25.7 Å². The van der Waals surface area contributed by atoms with Crippen LogP contribution in [0.5, 0.6) is 23.0 Å². The lowest BCUT2D eigenvalue weighted by Gasteiger charge is -2.16. The normalized spacial score (nSPS) is 10.6. The molecule has 9 nitrogen and oxygen atoms in total. The number of carbonyl (C=O) groups is 4. The summed E-state index contributed by atoms with van der Waals surface area (Å²) < 4.78 is 27.5.